The molecule has 5 nitrogen and oxygen atoms in total. The van der Waals surface area contributed by atoms with Gasteiger partial charge in [-0.2, -0.15) is 0 Å². The highest BCUT2D eigenvalue weighted by atomic mass is 15.1. The van der Waals surface area contributed by atoms with Crippen LogP contribution >= 0.6 is 0 Å². The lowest BCUT2D eigenvalue weighted by Crippen LogP contribution is -2.30. The summed E-state index contributed by atoms with van der Waals surface area (Å²) in [4.78, 5) is 23.9. The number of hydrogen-bond donors (Lipinski definition) is 0. The van der Waals surface area contributed by atoms with Gasteiger partial charge in [0, 0.05) is 40.0 Å². The summed E-state index contributed by atoms with van der Waals surface area (Å²) in [5, 5.41) is 0. The van der Waals surface area contributed by atoms with Crippen molar-refractivity contribution in [2.75, 3.05) is 0 Å². The van der Waals surface area contributed by atoms with Crippen molar-refractivity contribution in [1.82, 2.24) is 24.9 Å². The lowest BCUT2D eigenvalue weighted by Gasteiger charge is -2.27. The summed E-state index contributed by atoms with van der Waals surface area (Å²) < 4.78 is 0. The van der Waals surface area contributed by atoms with Crippen LogP contribution < -0.4 is 0 Å². The Morgan fingerprint density at radius 2 is 1.11 bits per heavy atom. The number of nitrogens with zero attached hydrogens (tertiary/aromatic N) is 5. The van der Waals surface area contributed by atoms with Gasteiger partial charge in [-0.25, -0.2) is 24.9 Å². The van der Waals surface area contributed by atoms with Crippen molar-refractivity contribution in [3.63, 3.8) is 0 Å². The van der Waals surface area contributed by atoms with E-state index in [4.69, 9.17) is 19.9 Å². The standard InChI is InChI=1S/C23H37N5/c1-20(2,3)15-12-13-24-19(25-15)23(10,11)14-16-26-17(21(4,5)6)28-18(27-16)22(7,8)9/h12-13H,14H2,1-11H3. The highest BCUT2D eigenvalue weighted by molar-refractivity contribution is 5.18. The summed E-state index contributed by atoms with van der Waals surface area (Å²) >= 11 is 0. The van der Waals surface area contributed by atoms with Crippen molar-refractivity contribution in [3.05, 3.63) is 41.3 Å². The van der Waals surface area contributed by atoms with Crippen molar-refractivity contribution in [3.8, 4) is 0 Å². The van der Waals surface area contributed by atoms with E-state index >= 15 is 0 Å². The van der Waals surface area contributed by atoms with Crippen LogP contribution in [0, 0.1) is 0 Å². The molecule has 0 atom stereocenters. The summed E-state index contributed by atoms with van der Waals surface area (Å²) in [6.45, 7) is 23.7. The molecular formula is C23H37N5. The second kappa shape index (κ2) is 7.16. The Morgan fingerprint density at radius 1 is 0.607 bits per heavy atom. The van der Waals surface area contributed by atoms with Gasteiger partial charge in [-0.3, -0.25) is 0 Å². The van der Waals surface area contributed by atoms with Crippen LogP contribution in [0.2, 0.25) is 0 Å². The van der Waals surface area contributed by atoms with Crippen LogP contribution in [0.4, 0.5) is 0 Å². The Balaban J connectivity index is 2.49. The fourth-order valence-electron chi connectivity index (χ4n) is 2.75. The molecule has 0 radical (unpaired) electrons. The quantitative estimate of drug-likeness (QED) is 0.740. The molecule has 2 heterocycles. The fraction of sp³-hybridized carbons (Fsp3) is 0.696. The second-order valence-electron chi connectivity index (χ2n) is 11.5. The third-order valence-corrected chi connectivity index (χ3v) is 4.65. The number of rotatable bonds is 3. The highest BCUT2D eigenvalue weighted by Gasteiger charge is 2.30. The van der Waals surface area contributed by atoms with E-state index in [1.54, 1.807) is 0 Å². The minimum atomic E-state index is -0.285. The van der Waals surface area contributed by atoms with Gasteiger partial charge in [0.05, 0.1) is 0 Å². The van der Waals surface area contributed by atoms with E-state index in [1.165, 1.54) is 0 Å². The Morgan fingerprint density at radius 3 is 1.54 bits per heavy atom. The van der Waals surface area contributed by atoms with Crippen molar-refractivity contribution in [2.24, 2.45) is 0 Å². The van der Waals surface area contributed by atoms with Crippen molar-refractivity contribution < 1.29 is 0 Å². The Hall–Kier alpha value is -1.91. The van der Waals surface area contributed by atoms with E-state index < -0.39 is 0 Å². The van der Waals surface area contributed by atoms with Crippen LogP contribution in [-0.4, -0.2) is 24.9 Å². The summed E-state index contributed by atoms with van der Waals surface area (Å²) in [6.07, 6.45) is 2.52. The first-order valence-electron chi connectivity index (χ1n) is 10.1. The molecule has 2 aromatic heterocycles. The summed E-state index contributed by atoms with van der Waals surface area (Å²) in [6, 6.07) is 2.00. The van der Waals surface area contributed by atoms with Crippen molar-refractivity contribution in [1.29, 1.82) is 0 Å². The van der Waals surface area contributed by atoms with Gasteiger partial charge in [0.1, 0.15) is 23.3 Å². The first-order valence-corrected chi connectivity index (χ1v) is 10.1. The van der Waals surface area contributed by atoms with Crippen LogP contribution in [0.25, 0.3) is 0 Å². The smallest absolute Gasteiger partial charge is 0.137 e. The van der Waals surface area contributed by atoms with E-state index in [0.717, 1.165) is 29.0 Å². The molecule has 0 aromatic carbocycles. The molecule has 0 spiro atoms. The average Bonchev–Trinajstić information content (AvgIpc) is 2.52. The van der Waals surface area contributed by atoms with Gasteiger partial charge >= 0.3 is 0 Å². The average molecular weight is 384 g/mol. The third-order valence-electron chi connectivity index (χ3n) is 4.65. The molecule has 0 fully saturated rings. The topological polar surface area (TPSA) is 64.5 Å². The molecule has 0 unspecified atom stereocenters. The second-order valence-corrected chi connectivity index (χ2v) is 11.5. The van der Waals surface area contributed by atoms with Crippen LogP contribution in [-0.2, 0) is 28.1 Å². The van der Waals surface area contributed by atoms with Crippen molar-refractivity contribution >= 4 is 0 Å². The van der Waals surface area contributed by atoms with Gasteiger partial charge in [-0.1, -0.05) is 76.2 Å². The first-order chi connectivity index (χ1) is 12.5. The molecule has 0 aliphatic rings. The maximum absolute atomic E-state index is 4.87. The van der Waals surface area contributed by atoms with Crippen LogP contribution in [0.5, 0.6) is 0 Å². The summed E-state index contributed by atoms with van der Waals surface area (Å²) in [7, 11) is 0. The molecule has 0 aliphatic heterocycles. The molecule has 0 bridgehead atoms. The van der Waals surface area contributed by atoms with Crippen LogP contribution in [0.3, 0.4) is 0 Å². The van der Waals surface area contributed by atoms with Gasteiger partial charge in [-0.05, 0) is 6.07 Å². The van der Waals surface area contributed by atoms with E-state index in [9.17, 15) is 0 Å². The zero-order chi connectivity index (χ0) is 21.5. The zero-order valence-electron chi connectivity index (χ0n) is 19.6. The molecule has 0 amide bonds. The molecule has 0 saturated carbocycles. The maximum atomic E-state index is 4.87. The zero-order valence-corrected chi connectivity index (χ0v) is 19.6. The Labute approximate surface area is 170 Å². The van der Waals surface area contributed by atoms with Crippen LogP contribution in [0.15, 0.2) is 12.3 Å². The minimum Gasteiger partial charge on any atom is -0.241 e. The van der Waals surface area contributed by atoms with Crippen molar-refractivity contribution in [2.45, 2.75) is 104 Å². The van der Waals surface area contributed by atoms with Gasteiger partial charge < -0.3 is 0 Å². The maximum Gasteiger partial charge on any atom is 0.137 e. The molecule has 154 valence electrons. The largest absolute Gasteiger partial charge is 0.241 e. The van der Waals surface area contributed by atoms with E-state index in [-0.39, 0.29) is 21.7 Å². The molecule has 0 saturated heterocycles. The normalized spacial score (nSPS) is 13.7. The van der Waals surface area contributed by atoms with Gasteiger partial charge in [0.15, 0.2) is 0 Å². The van der Waals surface area contributed by atoms with Crippen LogP contribution in [0.1, 0.15) is 105 Å². The summed E-state index contributed by atoms with van der Waals surface area (Å²) in [5.41, 5.74) is 0.480. The Kier molecular flexibility index (Phi) is 5.72. The number of aromatic nitrogens is 5. The lowest BCUT2D eigenvalue weighted by molar-refractivity contribution is 0.441. The monoisotopic (exact) mass is 383 g/mol. The molecule has 2 rings (SSSR count). The SMILES string of the molecule is CC(C)(C)c1ccnc(C(C)(C)Cc2nc(C(C)(C)C)nc(C(C)(C)C)n2)n1. The van der Waals surface area contributed by atoms with Gasteiger partial charge in [-0.15, -0.1) is 0 Å². The summed E-state index contributed by atoms with van der Waals surface area (Å²) in [5.74, 6) is 3.31. The first kappa shape index (κ1) is 22.4. The van der Waals surface area contributed by atoms with Gasteiger partial charge in [0.2, 0.25) is 0 Å². The molecular weight excluding hydrogens is 346 g/mol. The third kappa shape index (κ3) is 5.33. The van der Waals surface area contributed by atoms with Gasteiger partial charge in [0.25, 0.3) is 0 Å². The fourth-order valence-corrected chi connectivity index (χ4v) is 2.75. The molecule has 0 N–H and O–H groups in total. The lowest BCUT2D eigenvalue weighted by atomic mass is 9.86. The molecule has 0 aliphatic carbocycles. The Bertz CT molecular complexity index is 801. The molecule has 2 aromatic rings. The molecule has 28 heavy (non-hydrogen) atoms. The van der Waals surface area contributed by atoms with E-state index in [0.29, 0.717) is 6.42 Å². The molecule has 5 heteroatoms. The number of hydrogen-bond acceptors (Lipinski definition) is 5. The predicted octanol–water partition coefficient (Wildman–Crippen LogP) is 5.07. The highest BCUT2D eigenvalue weighted by Crippen LogP contribution is 2.29. The van der Waals surface area contributed by atoms with E-state index in [2.05, 4.69) is 81.1 Å². The predicted molar refractivity (Wildman–Crippen MR) is 115 cm³/mol. The minimum absolute atomic E-state index is 0.0141. The van der Waals surface area contributed by atoms with E-state index in [1.807, 2.05) is 12.3 Å².